The maximum Gasteiger partial charge on any atom is 0.153 e. The molecule has 0 aromatic carbocycles. The van der Waals surface area contributed by atoms with Crippen molar-refractivity contribution < 1.29 is 17.9 Å². The van der Waals surface area contributed by atoms with E-state index in [2.05, 4.69) is 0 Å². The Kier molecular flexibility index (Phi) is 1.72. The van der Waals surface area contributed by atoms with Gasteiger partial charge in [0.2, 0.25) is 0 Å². The van der Waals surface area contributed by atoms with E-state index < -0.39 is 27.9 Å². The Bertz CT molecular complexity index is 223. The maximum absolute atomic E-state index is 12.9. The van der Waals surface area contributed by atoms with E-state index in [4.69, 9.17) is 5.11 Å². The largest absolute Gasteiger partial charge is 0.393 e. The van der Waals surface area contributed by atoms with Crippen LogP contribution in [0.25, 0.3) is 0 Å². The summed E-state index contributed by atoms with van der Waals surface area (Å²) in [6.07, 6.45) is -0.0637. The summed E-state index contributed by atoms with van der Waals surface area (Å²) in [6.45, 7) is -0.688. The minimum Gasteiger partial charge on any atom is -0.393 e. The Morgan fingerprint density at radius 3 is 2.40 bits per heavy atom. The molecule has 0 aromatic heterocycles. The van der Waals surface area contributed by atoms with Gasteiger partial charge in [-0.2, -0.15) is 0 Å². The normalized spacial score (nSPS) is 38.2. The summed E-state index contributed by atoms with van der Waals surface area (Å²) in [5.74, 6) is -0.652. The number of hydrogen-bond acceptors (Lipinski definition) is 3. The van der Waals surface area contributed by atoms with Crippen molar-refractivity contribution in [1.29, 1.82) is 0 Å². The Morgan fingerprint density at radius 1 is 1.60 bits per heavy atom. The van der Waals surface area contributed by atoms with E-state index in [0.29, 0.717) is 0 Å². The molecule has 0 saturated carbocycles. The number of aliphatic hydroxyl groups is 1. The first kappa shape index (κ1) is 7.94. The molecule has 10 heavy (non-hydrogen) atoms. The summed E-state index contributed by atoms with van der Waals surface area (Å²) < 4.78 is 34.2. The number of halogens is 1. The summed E-state index contributed by atoms with van der Waals surface area (Å²) in [4.78, 5) is 0. The lowest BCUT2D eigenvalue weighted by molar-refractivity contribution is 0.0947. The smallest absolute Gasteiger partial charge is 0.153 e. The lowest BCUT2D eigenvalue weighted by atomic mass is 10.1. The molecule has 1 aliphatic heterocycles. The number of aliphatic hydroxyl groups excluding tert-OH is 1. The van der Waals surface area contributed by atoms with Gasteiger partial charge in [-0.1, -0.05) is 0 Å². The molecular weight excluding hydrogens is 159 g/mol. The molecular formula is C5H9FO3S. The molecule has 0 aromatic rings. The van der Waals surface area contributed by atoms with Crippen LogP contribution in [-0.2, 0) is 9.84 Å². The van der Waals surface area contributed by atoms with Crippen LogP contribution in [0, 0.1) is 0 Å². The van der Waals surface area contributed by atoms with E-state index in [0.717, 1.165) is 0 Å². The lowest BCUT2D eigenvalue weighted by Gasteiger charge is -2.11. The molecule has 3 nitrogen and oxygen atoms in total. The quantitative estimate of drug-likeness (QED) is 0.574. The van der Waals surface area contributed by atoms with Crippen molar-refractivity contribution in [2.45, 2.75) is 12.1 Å². The topological polar surface area (TPSA) is 54.4 Å². The zero-order chi connectivity index (χ0) is 7.83. The first-order chi connectivity index (χ1) is 4.47. The molecule has 1 rings (SSSR count). The third kappa shape index (κ3) is 1.46. The first-order valence-electron chi connectivity index (χ1n) is 2.98. The summed E-state index contributed by atoms with van der Waals surface area (Å²) in [6, 6.07) is 0. The average Bonchev–Trinajstić information content (AvgIpc) is 2.08. The molecule has 0 bridgehead atoms. The highest BCUT2D eigenvalue weighted by molar-refractivity contribution is 7.91. The zero-order valence-electron chi connectivity index (χ0n) is 5.38. The first-order valence-corrected chi connectivity index (χ1v) is 4.80. The van der Waals surface area contributed by atoms with Crippen molar-refractivity contribution in [3.8, 4) is 0 Å². The summed E-state index contributed by atoms with van der Waals surface area (Å²) in [7, 11) is -3.20. The Labute approximate surface area is 58.8 Å². The van der Waals surface area contributed by atoms with E-state index >= 15 is 0 Å². The summed E-state index contributed by atoms with van der Waals surface area (Å²) in [5, 5.41) is 8.42. The highest BCUT2D eigenvalue weighted by Gasteiger charge is 2.41. The van der Waals surface area contributed by atoms with E-state index in [1.165, 1.54) is 0 Å². The summed E-state index contributed by atoms with van der Waals surface area (Å²) >= 11 is 0. The number of hydrogen-bond donors (Lipinski definition) is 1. The van der Waals surface area contributed by atoms with Crippen molar-refractivity contribution >= 4 is 9.84 Å². The van der Waals surface area contributed by atoms with Gasteiger partial charge in [-0.15, -0.1) is 0 Å². The van der Waals surface area contributed by atoms with E-state index in [-0.39, 0.29) is 12.2 Å². The maximum atomic E-state index is 12.9. The van der Waals surface area contributed by atoms with Gasteiger partial charge in [-0.25, -0.2) is 12.8 Å². The van der Waals surface area contributed by atoms with Crippen LogP contribution in [0.1, 0.15) is 6.42 Å². The van der Waals surface area contributed by atoms with Crippen molar-refractivity contribution in [3.63, 3.8) is 0 Å². The monoisotopic (exact) mass is 168 g/mol. The van der Waals surface area contributed by atoms with Crippen LogP contribution in [0.5, 0.6) is 0 Å². The van der Waals surface area contributed by atoms with Crippen LogP contribution >= 0.6 is 0 Å². The molecule has 1 aliphatic rings. The molecule has 1 N–H and O–H groups in total. The van der Waals surface area contributed by atoms with Crippen molar-refractivity contribution in [2.75, 3.05) is 18.1 Å². The molecule has 0 aliphatic carbocycles. The van der Waals surface area contributed by atoms with Crippen molar-refractivity contribution in [1.82, 2.24) is 0 Å². The molecule has 0 spiro atoms. The van der Waals surface area contributed by atoms with Gasteiger partial charge in [0.05, 0.1) is 18.1 Å². The van der Waals surface area contributed by atoms with Gasteiger partial charge in [0, 0.05) is 0 Å². The predicted octanol–water partition coefficient (Wildman–Crippen LogP) is -0.494. The van der Waals surface area contributed by atoms with Crippen LogP contribution in [0.2, 0.25) is 0 Å². The third-order valence-electron chi connectivity index (χ3n) is 1.62. The van der Waals surface area contributed by atoms with Crippen LogP contribution < -0.4 is 0 Å². The van der Waals surface area contributed by atoms with Gasteiger partial charge in [0.1, 0.15) is 5.67 Å². The number of sulfone groups is 1. The van der Waals surface area contributed by atoms with E-state index in [1.807, 2.05) is 0 Å². The highest BCUT2D eigenvalue weighted by atomic mass is 32.2. The molecule has 0 radical (unpaired) electrons. The molecule has 5 heteroatoms. The SMILES string of the molecule is O=S1(=O)CCC(F)(CO)C1. The minimum atomic E-state index is -3.20. The highest BCUT2D eigenvalue weighted by Crippen LogP contribution is 2.26. The zero-order valence-corrected chi connectivity index (χ0v) is 6.19. The molecule has 0 amide bonds. The summed E-state index contributed by atoms with van der Waals surface area (Å²) in [5.41, 5.74) is -1.86. The fourth-order valence-corrected chi connectivity index (χ4v) is 2.85. The van der Waals surface area contributed by atoms with Crippen LogP contribution in [-0.4, -0.2) is 37.3 Å². The van der Waals surface area contributed by atoms with Crippen LogP contribution in [0.15, 0.2) is 0 Å². The number of alkyl halides is 1. The van der Waals surface area contributed by atoms with Crippen molar-refractivity contribution in [2.24, 2.45) is 0 Å². The Balaban J connectivity index is 2.76. The average molecular weight is 168 g/mol. The predicted molar refractivity (Wildman–Crippen MR) is 34.2 cm³/mol. The fourth-order valence-electron chi connectivity index (χ4n) is 1.00. The second-order valence-corrected chi connectivity index (χ2v) is 4.84. The third-order valence-corrected chi connectivity index (χ3v) is 3.41. The molecule has 60 valence electrons. The van der Waals surface area contributed by atoms with Gasteiger partial charge in [0.15, 0.2) is 9.84 Å². The van der Waals surface area contributed by atoms with Gasteiger partial charge in [0.25, 0.3) is 0 Å². The van der Waals surface area contributed by atoms with Gasteiger partial charge < -0.3 is 5.11 Å². The van der Waals surface area contributed by atoms with E-state index in [1.54, 1.807) is 0 Å². The molecule has 1 atom stereocenters. The molecule has 1 fully saturated rings. The molecule has 1 heterocycles. The molecule has 1 unspecified atom stereocenters. The standard InChI is InChI=1S/C5H9FO3S/c6-5(3-7)1-2-10(8,9)4-5/h7H,1-4H2. The van der Waals surface area contributed by atoms with Crippen molar-refractivity contribution in [3.05, 3.63) is 0 Å². The fraction of sp³-hybridized carbons (Fsp3) is 1.00. The van der Waals surface area contributed by atoms with Gasteiger partial charge in [-0.05, 0) is 6.42 Å². The molecule has 1 saturated heterocycles. The minimum absolute atomic E-state index is 0.0637. The van der Waals surface area contributed by atoms with Gasteiger partial charge in [-0.3, -0.25) is 0 Å². The lowest BCUT2D eigenvalue weighted by Crippen LogP contribution is -2.28. The Hall–Kier alpha value is -0.160. The number of rotatable bonds is 1. The van der Waals surface area contributed by atoms with Crippen LogP contribution in [0.4, 0.5) is 4.39 Å². The second-order valence-electron chi connectivity index (χ2n) is 2.65. The Morgan fingerprint density at radius 2 is 2.20 bits per heavy atom. The van der Waals surface area contributed by atoms with Crippen LogP contribution in [0.3, 0.4) is 0 Å². The van der Waals surface area contributed by atoms with Gasteiger partial charge >= 0.3 is 0 Å². The second kappa shape index (κ2) is 2.17. The van der Waals surface area contributed by atoms with E-state index in [9.17, 15) is 12.8 Å².